The molecule has 1 aromatic heterocycles. The van der Waals surface area contributed by atoms with E-state index in [1.54, 1.807) is 18.2 Å². The number of aromatic nitrogens is 1. The molecular weight excluding hydrogens is 244 g/mol. The predicted octanol–water partition coefficient (Wildman–Crippen LogP) is 0.803. The lowest BCUT2D eigenvalue weighted by Crippen LogP contribution is -2.61. The number of carbonyl (C=O) groups is 2. The molecule has 0 spiro atoms. The minimum absolute atomic E-state index is 0.0377. The van der Waals surface area contributed by atoms with Crippen molar-refractivity contribution in [2.24, 2.45) is 0 Å². The fourth-order valence-corrected chi connectivity index (χ4v) is 2.26. The molecule has 19 heavy (non-hydrogen) atoms. The van der Waals surface area contributed by atoms with E-state index in [0.717, 1.165) is 5.56 Å². The lowest BCUT2D eigenvalue weighted by atomic mass is 9.99. The van der Waals surface area contributed by atoms with Gasteiger partial charge < -0.3 is 10.4 Å². The molecule has 0 fully saturated rings. The van der Waals surface area contributed by atoms with Gasteiger partial charge in [0.2, 0.25) is 5.72 Å². The molecule has 2 heterocycles. The van der Waals surface area contributed by atoms with Gasteiger partial charge in [0.1, 0.15) is 5.69 Å². The average Bonchev–Trinajstić information content (AvgIpc) is 2.87. The van der Waals surface area contributed by atoms with Gasteiger partial charge in [-0.25, -0.2) is 0 Å². The molecule has 0 saturated heterocycles. The van der Waals surface area contributed by atoms with Crippen LogP contribution in [0.4, 0.5) is 0 Å². The molecule has 5 nitrogen and oxygen atoms in total. The molecule has 0 radical (unpaired) electrons. The van der Waals surface area contributed by atoms with E-state index in [0.29, 0.717) is 0 Å². The molecule has 1 atom stereocenters. The van der Waals surface area contributed by atoms with Crippen LogP contribution in [0.15, 0.2) is 48.7 Å². The highest BCUT2D eigenvalue weighted by atomic mass is 16.3. The van der Waals surface area contributed by atoms with Gasteiger partial charge in [0.25, 0.3) is 11.8 Å². The second-order valence-electron chi connectivity index (χ2n) is 4.55. The van der Waals surface area contributed by atoms with E-state index in [1.807, 2.05) is 18.2 Å². The number of fused-ring (bicyclic) bond motifs is 1. The van der Waals surface area contributed by atoms with Crippen LogP contribution >= 0.6 is 0 Å². The maximum absolute atomic E-state index is 12.2. The Morgan fingerprint density at radius 1 is 1.11 bits per heavy atom. The standard InChI is InChI=1S/C14H12N2O3/c17-12-11-7-4-8-16(11)13(18)14(19,15-12)9-10-5-2-1-3-6-10/h1-8,19H,9H2,(H,15,17). The van der Waals surface area contributed by atoms with E-state index in [4.69, 9.17) is 0 Å². The van der Waals surface area contributed by atoms with Gasteiger partial charge in [-0.2, -0.15) is 0 Å². The zero-order chi connectivity index (χ0) is 13.5. The molecule has 1 unspecified atom stereocenters. The fraction of sp³-hybridized carbons (Fsp3) is 0.143. The molecule has 0 saturated carbocycles. The fourth-order valence-electron chi connectivity index (χ4n) is 2.26. The second-order valence-corrected chi connectivity index (χ2v) is 4.55. The van der Waals surface area contributed by atoms with Gasteiger partial charge in [-0.05, 0) is 17.7 Å². The van der Waals surface area contributed by atoms with Crippen molar-refractivity contribution in [1.29, 1.82) is 0 Å². The van der Waals surface area contributed by atoms with Crippen LogP contribution in [-0.4, -0.2) is 27.2 Å². The third kappa shape index (κ3) is 1.84. The quantitative estimate of drug-likeness (QED) is 0.835. The molecule has 0 aliphatic carbocycles. The summed E-state index contributed by atoms with van der Waals surface area (Å²) in [5.74, 6) is -1.00. The van der Waals surface area contributed by atoms with Crippen LogP contribution in [0, 0.1) is 0 Å². The van der Waals surface area contributed by atoms with Crippen LogP contribution in [-0.2, 0) is 6.42 Å². The summed E-state index contributed by atoms with van der Waals surface area (Å²) in [6, 6.07) is 12.2. The number of aliphatic hydroxyl groups is 1. The predicted molar refractivity (Wildman–Crippen MR) is 67.6 cm³/mol. The van der Waals surface area contributed by atoms with Gasteiger partial charge in [-0.3, -0.25) is 14.2 Å². The highest BCUT2D eigenvalue weighted by Gasteiger charge is 2.44. The van der Waals surface area contributed by atoms with Crippen molar-refractivity contribution in [3.63, 3.8) is 0 Å². The molecule has 1 amide bonds. The van der Waals surface area contributed by atoms with Crippen LogP contribution in [0.25, 0.3) is 0 Å². The van der Waals surface area contributed by atoms with Crippen molar-refractivity contribution < 1.29 is 14.7 Å². The molecule has 5 heteroatoms. The van der Waals surface area contributed by atoms with Crippen LogP contribution in [0.2, 0.25) is 0 Å². The smallest absolute Gasteiger partial charge is 0.284 e. The first-order valence-corrected chi connectivity index (χ1v) is 5.91. The van der Waals surface area contributed by atoms with E-state index in [-0.39, 0.29) is 12.1 Å². The minimum atomic E-state index is -1.90. The lowest BCUT2D eigenvalue weighted by molar-refractivity contribution is 0.0000896. The highest BCUT2D eigenvalue weighted by Crippen LogP contribution is 2.20. The zero-order valence-corrected chi connectivity index (χ0v) is 10.0. The first kappa shape index (κ1) is 11.7. The Morgan fingerprint density at radius 2 is 1.84 bits per heavy atom. The number of benzene rings is 1. The summed E-state index contributed by atoms with van der Waals surface area (Å²) in [5, 5.41) is 12.8. The van der Waals surface area contributed by atoms with Crippen LogP contribution < -0.4 is 5.32 Å². The number of nitrogens with zero attached hydrogens (tertiary/aromatic N) is 1. The Morgan fingerprint density at radius 3 is 2.58 bits per heavy atom. The van der Waals surface area contributed by atoms with E-state index in [2.05, 4.69) is 5.32 Å². The number of hydrogen-bond donors (Lipinski definition) is 2. The summed E-state index contributed by atoms with van der Waals surface area (Å²) < 4.78 is 1.18. The van der Waals surface area contributed by atoms with Gasteiger partial charge in [0.05, 0.1) is 0 Å². The molecule has 1 aliphatic heterocycles. The van der Waals surface area contributed by atoms with Gasteiger partial charge in [0, 0.05) is 12.6 Å². The molecular formula is C14H12N2O3. The molecule has 96 valence electrons. The van der Waals surface area contributed by atoms with Gasteiger partial charge in [-0.1, -0.05) is 30.3 Å². The third-order valence-corrected chi connectivity index (χ3v) is 3.18. The summed E-state index contributed by atoms with van der Waals surface area (Å²) in [6.07, 6.45) is 1.52. The zero-order valence-electron chi connectivity index (χ0n) is 10.0. The van der Waals surface area contributed by atoms with Gasteiger partial charge in [-0.15, -0.1) is 0 Å². The Labute approximate surface area is 109 Å². The Balaban J connectivity index is 1.98. The van der Waals surface area contributed by atoms with Crippen molar-refractivity contribution in [3.05, 3.63) is 59.9 Å². The number of carbonyl (C=O) groups excluding carboxylic acids is 2. The maximum Gasteiger partial charge on any atom is 0.284 e. The number of hydrogen-bond acceptors (Lipinski definition) is 3. The maximum atomic E-state index is 12.2. The molecule has 1 aromatic carbocycles. The second kappa shape index (κ2) is 4.07. The Kier molecular flexibility index (Phi) is 2.50. The van der Waals surface area contributed by atoms with E-state index >= 15 is 0 Å². The first-order valence-electron chi connectivity index (χ1n) is 5.91. The molecule has 2 N–H and O–H groups in total. The van der Waals surface area contributed by atoms with Crippen LogP contribution in [0.1, 0.15) is 20.8 Å². The van der Waals surface area contributed by atoms with Crippen LogP contribution in [0.3, 0.4) is 0 Å². The Bertz CT molecular complexity index is 648. The van der Waals surface area contributed by atoms with E-state index in [9.17, 15) is 14.7 Å². The van der Waals surface area contributed by atoms with Crippen molar-refractivity contribution in [1.82, 2.24) is 9.88 Å². The van der Waals surface area contributed by atoms with Gasteiger partial charge in [0.15, 0.2) is 0 Å². The largest absolute Gasteiger partial charge is 0.363 e. The molecule has 0 bridgehead atoms. The van der Waals surface area contributed by atoms with Crippen molar-refractivity contribution in [2.45, 2.75) is 12.1 Å². The summed E-state index contributed by atoms with van der Waals surface area (Å²) in [4.78, 5) is 24.1. The average molecular weight is 256 g/mol. The monoisotopic (exact) mass is 256 g/mol. The lowest BCUT2D eigenvalue weighted by Gasteiger charge is -2.32. The summed E-state index contributed by atoms with van der Waals surface area (Å²) in [5.41, 5.74) is -0.887. The number of nitrogens with one attached hydrogen (secondary N) is 1. The molecule has 3 rings (SSSR count). The van der Waals surface area contributed by atoms with Crippen LogP contribution in [0.5, 0.6) is 0 Å². The first-order chi connectivity index (χ1) is 9.10. The summed E-state index contributed by atoms with van der Waals surface area (Å²) >= 11 is 0. The minimum Gasteiger partial charge on any atom is -0.363 e. The molecule has 1 aliphatic rings. The summed E-state index contributed by atoms with van der Waals surface area (Å²) in [7, 11) is 0. The highest BCUT2D eigenvalue weighted by molar-refractivity contribution is 6.05. The van der Waals surface area contributed by atoms with Gasteiger partial charge >= 0.3 is 0 Å². The van der Waals surface area contributed by atoms with Crippen molar-refractivity contribution >= 4 is 11.8 Å². The third-order valence-electron chi connectivity index (χ3n) is 3.18. The van der Waals surface area contributed by atoms with Crippen molar-refractivity contribution in [2.75, 3.05) is 0 Å². The van der Waals surface area contributed by atoms with E-state index < -0.39 is 17.5 Å². The normalized spacial score (nSPS) is 21.9. The number of rotatable bonds is 2. The van der Waals surface area contributed by atoms with E-state index in [1.165, 1.54) is 16.8 Å². The number of amides is 1. The topological polar surface area (TPSA) is 71.3 Å². The Hall–Kier alpha value is -2.40. The molecule has 2 aromatic rings. The SMILES string of the molecule is O=C1NC(O)(Cc2ccccc2)C(=O)n2cccc21. The van der Waals surface area contributed by atoms with Crippen molar-refractivity contribution in [3.8, 4) is 0 Å². The summed E-state index contributed by atoms with van der Waals surface area (Å²) in [6.45, 7) is 0.